The molecule has 1 aliphatic rings. The van der Waals surface area contributed by atoms with Gasteiger partial charge in [-0.15, -0.1) is 0 Å². The Morgan fingerprint density at radius 1 is 0.833 bits per heavy atom. The van der Waals surface area contributed by atoms with Crippen LogP contribution in [0, 0.1) is 0 Å². The molecule has 0 saturated heterocycles. The number of para-hydroxylation sites is 1. The number of amides is 1. The van der Waals surface area contributed by atoms with Crippen LogP contribution in [0.25, 0.3) is 11.1 Å². The van der Waals surface area contributed by atoms with E-state index in [1.54, 1.807) is 24.3 Å². The van der Waals surface area contributed by atoms with Crippen LogP contribution in [0.5, 0.6) is 0 Å². The van der Waals surface area contributed by atoms with Crippen LogP contribution >= 0.6 is 0 Å². The average molecular weight is 400 g/mol. The molecule has 0 aromatic heterocycles. The van der Waals surface area contributed by atoms with Crippen LogP contribution in [-0.4, -0.2) is 17.4 Å². The molecule has 5 heteroatoms. The number of ether oxygens (including phenoxy) is 1. The van der Waals surface area contributed by atoms with Crippen LogP contribution in [-0.2, 0) is 15.3 Å². The van der Waals surface area contributed by atoms with Crippen molar-refractivity contribution in [2.24, 2.45) is 0 Å². The Balaban J connectivity index is 1.85. The Hall–Kier alpha value is -3.60. The number of anilines is 1. The number of hydrogen-bond acceptors (Lipinski definition) is 4. The first-order valence-corrected chi connectivity index (χ1v) is 9.88. The van der Waals surface area contributed by atoms with E-state index in [9.17, 15) is 9.59 Å². The highest BCUT2D eigenvalue weighted by molar-refractivity contribution is 6.04. The number of cyclic esters (lactones) is 1. The summed E-state index contributed by atoms with van der Waals surface area (Å²) in [6.07, 6.45) is 0. The Morgan fingerprint density at radius 3 is 2.13 bits per heavy atom. The number of benzene rings is 3. The number of carbonyl (C=O) groups is 2. The fourth-order valence-electron chi connectivity index (χ4n) is 3.62. The van der Waals surface area contributed by atoms with Gasteiger partial charge in [0.05, 0.1) is 5.56 Å². The lowest BCUT2D eigenvalue weighted by molar-refractivity contribution is -0.139. The van der Waals surface area contributed by atoms with Gasteiger partial charge >= 0.3 is 5.97 Å². The van der Waals surface area contributed by atoms with E-state index in [0.29, 0.717) is 16.8 Å². The lowest BCUT2D eigenvalue weighted by atomic mass is 9.95. The van der Waals surface area contributed by atoms with E-state index >= 15 is 0 Å². The van der Waals surface area contributed by atoms with E-state index in [-0.39, 0.29) is 0 Å². The lowest BCUT2D eigenvalue weighted by Crippen LogP contribution is -2.55. The molecule has 1 aliphatic heterocycles. The van der Waals surface area contributed by atoms with Crippen LogP contribution < -0.4 is 10.6 Å². The highest BCUT2D eigenvalue weighted by Crippen LogP contribution is 2.40. The Labute approximate surface area is 176 Å². The molecule has 0 saturated carbocycles. The van der Waals surface area contributed by atoms with E-state index in [1.807, 2.05) is 75.4 Å². The lowest BCUT2D eigenvalue weighted by Gasteiger charge is -2.33. The molecule has 0 aliphatic carbocycles. The molecule has 5 nitrogen and oxygen atoms in total. The summed E-state index contributed by atoms with van der Waals surface area (Å²) in [5.41, 5.74) is 1.30. The molecule has 1 unspecified atom stereocenters. The minimum atomic E-state index is -1.66. The highest BCUT2D eigenvalue weighted by atomic mass is 16.6. The normalized spacial score (nSPS) is 17.8. The summed E-state index contributed by atoms with van der Waals surface area (Å²) in [5, 5.41) is 6.24. The van der Waals surface area contributed by atoms with Crippen molar-refractivity contribution < 1.29 is 14.3 Å². The Kier molecular flexibility index (Phi) is 4.82. The first-order valence-electron chi connectivity index (χ1n) is 9.88. The monoisotopic (exact) mass is 400 g/mol. The van der Waals surface area contributed by atoms with Gasteiger partial charge in [0.25, 0.3) is 11.6 Å². The average Bonchev–Trinajstić information content (AvgIpc) is 3.01. The molecule has 1 amide bonds. The van der Waals surface area contributed by atoms with Crippen molar-refractivity contribution >= 4 is 17.6 Å². The molecule has 1 heterocycles. The van der Waals surface area contributed by atoms with E-state index in [0.717, 1.165) is 11.1 Å². The smallest absolute Gasteiger partial charge is 0.341 e. The maximum atomic E-state index is 13.5. The number of nitrogens with one attached hydrogen (secondary N) is 2. The zero-order valence-corrected chi connectivity index (χ0v) is 17.2. The quantitative estimate of drug-likeness (QED) is 0.623. The number of hydrogen-bond donors (Lipinski definition) is 2. The van der Waals surface area contributed by atoms with Crippen LogP contribution in [0.3, 0.4) is 0 Å². The predicted octanol–water partition coefficient (Wildman–Crippen LogP) is 4.70. The predicted molar refractivity (Wildman–Crippen MR) is 117 cm³/mol. The first kappa shape index (κ1) is 19.7. The van der Waals surface area contributed by atoms with Crippen molar-refractivity contribution in [3.8, 4) is 11.1 Å². The highest BCUT2D eigenvalue weighted by Gasteiger charge is 2.53. The molecule has 0 fully saturated rings. The van der Waals surface area contributed by atoms with Gasteiger partial charge < -0.3 is 15.4 Å². The van der Waals surface area contributed by atoms with Gasteiger partial charge in [-0.3, -0.25) is 4.79 Å². The van der Waals surface area contributed by atoms with Crippen LogP contribution in [0.1, 0.15) is 36.7 Å². The molecule has 3 aromatic rings. The van der Waals surface area contributed by atoms with Crippen molar-refractivity contribution in [3.63, 3.8) is 0 Å². The number of carbonyl (C=O) groups excluding carboxylic acids is 2. The summed E-state index contributed by atoms with van der Waals surface area (Å²) in [5.74, 6) is -0.949. The summed E-state index contributed by atoms with van der Waals surface area (Å²) >= 11 is 0. The van der Waals surface area contributed by atoms with Crippen molar-refractivity contribution in [2.45, 2.75) is 32.0 Å². The van der Waals surface area contributed by atoms with Gasteiger partial charge in [0.1, 0.15) is 0 Å². The van der Waals surface area contributed by atoms with Gasteiger partial charge in [0.15, 0.2) is 0 Å². The second-order valence-corrected chi connectivity index (χ2v) is 8.36. The van der Waals surface area contributed by atoms with E-state index < -0.39 is 23.1 Å². The molecule has 4 rings (SSSR count). The van der Waals surface area contributed by atoms with Gasteiger partial charge in [-0.25, -0.2) is 4.79 Å². The SMILES string of the molecule is CC(C)(C)NC(=O)C1(Nc2ccccc2-c2ccccc2)OC(=O)c2ccccc21. The first-order chi connectivity index (χ1) is 14.3. The zero-order valence-electron chi connectivity index (χ0n) is 17.2. The van der Waals surface area contributed by atoms with Crippen molar-refractivity contribution in [1.29, 1.82) is 0 Å². The standard InChI is InChI=1S/C25H24N2O3/c1-24(2,3)27-23(29)25(20-15-9-7-14-19(20)22(28)30-25)26-21-16-10-8-13-18(21)17-11-5-4-6-12-17/h4-16,26H,1-3H3,(H,27,29). The topological polar surface area (TPSA) is 67.4 Å². The maximum absolute atomic E-state index is 13.5. The molecular weight excluding hydrogens is 376 g/mol. The summed E-state index contributed by atoms with van der Waals surface area (Å²) < 4.78 is 5.76. The van der Waals surface area contributed by atoms with Crippen molar-refractivity contribution in [2.75, 3.05) is 5.32 Å². The van der Waals surface area contributed by atoms with Gasteiger partial charge in [0, 0.05) is 22.4 Å². The molecule has 1 atom stereocenters. The minimum Gasteiger partial charge on any atom is -0.421 e. The summed E-state index contributed by atoms with van der Waals surface area (Å²) in [4.78, 5) is 26.1. The third-order valence-corrected chi connectivity index (χ3v) is 4.90. The molecular formula is C25H24N2O3. The van der Waals surface area contributed by atoms with Gasteiger partial charge in [-0.2, -0.15) is 0 Å². The molecule has 152 valence electrons. The zero-order chi connectivity index (χ0) is 21.4. The Bertz CT molecular complexity index is 1100. The number of esters is 1. The summed E-state index contributed by atoms with van der Waals surface area (Å²) in [6.45, 7) is 5.66. The molecule has 0 bridgehead atoms. The van der Waals surface area contributed by atoms with Crippen LogP contribution in [0.4, 0.5) is 5.69 Å². The Morgan fingerprint density at radius 2 is 1.43 bits per heavy atom. The molecule has 30 heavy (non-hydrogen) atoms. The maximum Gasteiger partial charge on any atom is 0.341 e. The fraction of sp³-hybridized carbons (Fsp3) is 0.200. The third-order valence-electron chi connectivity index (χ3n) is 4.90. The largest absolute Gasteiger partial charge is 0.421 e. The van der Waals surface area contributed by atoms with Crippen molar-refractivity contribution in [3.05, 3.63) is 90.0 Å². The van der Waals surface area contributed by atoms with Crippen LogP contribution in [0.2, 0.25) is 0 Å². The van der Waals surface area contributed by atoms with Crippen molar-refractivity contribution in [1.82, 2.24) is 5.32 Å². The van der Waals surface area contributed by atoms with E-state index in [4.69, 9.17) is 4.74 Å². The summed E-state index contributed by atoms with van der Waals surface area (Å²) in [6, 6.07) is 24.5. The minimum absolute atomic E-state index is 0.381. The van der Waals surface area contributed by atoms with E-state index in [1.165, 1.54) is 0 Å². The van der Waals surface area contributed by atoms with Gasteiger partial charge in [0.2, 0.25) is 0 Å². The number of rotatable bonds is 4. The second kappa shape index (κ2) is 7.34. The molecule has 0 radical (unpaired) electrons. The number of fused-ring (bicyclic) bond motifs is 1. The fourth-order valence-corrected chi connectivity index (χ4v) is 3.62. The van der Waals surface area contributed by atoms with Crippen LogP contribution in [0.15, 0.2) is 78.9 Å². The molecule has 3 aromatic carbocycles. The van der Waals surface area contributed by atoms with Gasteiger partial charge in [-0.05, 0) is 38.5 Å². The third kappa shape index (κ3) is 3.54. The van der Waals surface area contributed by atoms with E-state index in [2.05, 4.69) is 10.6 Å². The molecule has 2 N–H and O–H groups in total. The van der Waals surface area contributed by atoms with Gasteiger partial charge in [-0.1, -0.05) is 66.7 Å². The second-order valence-electron chi connectivity index (χ2n) is 8.36. The molecule has 0 spiro atoms. The summed E-state index contributed by atoms with van der Waals surface area (Å²) in [7, 11) is 0.